The minimum Gasteiger partial charge on any atom is -0.309 e. The van der Waals surface area contributed by atoms with Crippen molar-refractivity contribution in [2.75, 3.05) is 9.80 Å². The van der Waals surface area contributed by atoms with Gasteiger partial charge < -0.3 is 9.80 Å². The summed E-state index contributed by atoms with van der Waals surface area (Å²) in [7, 11) is 0. The molecule has 0 saturated carbocycles. The van der Waals surface area contributed by atoms with Gasteiger partial charge in [-0.15, -0.1) is 0 Å². The molecule has 11 aromatic rings. The lowest BCUT2D eigenvalue weighted by atomic mass is 9.85. The fraction of sp³-hybridized carbons (Fsp3) is 0.0571. The lowest BCUT2D eigenvalue weighted by Gasteiger charge is -2.35. The lowest BCUT2D eigenvalue weighted by Crippen LogP contribution is -2.19. The molecule has 358 valence electrons. The average molecular weight is 994 g/mol. The third kappa shape index (κ3) is 10.0. The molecule has 0 spiro atoms. The standard InChI is InChI=1S/C70H54Cl2N2/c1-70(2,3)57-44-62(73(60-38-22-36-58(71)46-60)68-64(51-28-14-6-15-29-51)40-55(49-24-10-4-11-25-49)41-65(68)52-30-16-7-17-31-52)48-63(45-57)74(61-39-23-37-59(72)47-61)69-66(53-32-18-8-19-33-53)42-56(50-26-12-5-13-27-50)43-67(69)54-34-20-9-21-35-54/h4-48H,1-3H3. The number of hydrogen-bond acceptors (Lipinski definition) is 2. The molecule has 0 N–H and O–H groups in total. The quantitative estimate of drug-likeness (QED) is 0.120. The molecule has 0 atom stereocenters. The van der Waals surface area contributed by atoms with Crippen molar-refractivity contribution >= 4 is 57.3 Å². The summed E-state index contributed by atoms with van der Waals surface area (Å²) in [6.45, 7) is 6.88. The fourth-order valence-corrected chi connectivity index (χ4v) is 10.4. The van der Waals surface area contributed by atoms with Gasteiger partial charge in [-0.3, -0.25) is 0 Å². The number of benzene rings is 11. The zero-order valence-corrected chi connectivity index (χ0v) is 43.1. The summed E-state index contributed by atoms with van der Waals surface area (Å²) in [5.41, 5.74) is 19.9. The van der Waals surface area contributed by atoms with E-state index in [0.29, 0.717) is 10.0 Å². The Morgan fingerprint density at radius 1 is 0.257 bits per heavy atom. The van der Waals surface area contributed by atoms with E-state index in [-0.39, 0.29) is 5.41 Å². The third-order valence-electron chi connectivity index (χ3n) is 13.6. The molecule has 74 heavy (non-hydrogen) atoms. The van der Waals surface area contributed by atoms with Crippen molar-refractivity contribution in [3.8, 4) is 66.8 Å². The maximum Gasteiger partial charge on any atom is 0.0618 e. The van der Waals surface area contributed by atoms with Crippen LogP contribution in [0.1, 0.15) is 26.3 Å². The van der Waals surface area contributed by atoms with Gasteiger partial charge in [-0.1, -0.05) is 238 Å². The Labute approximate surface area is 446 Å². The van der Waals surface area contributed by atoms with E-state index in [0.717, 1.165) is 106 Å². The van der Waals surface area contributed by atoms with Gasteiger partial charge in [-0.2, -0.15) is 0 Å². The highest BCUT2D eigenvalue weighted by atomic mass is 35.5. The van der Waals surface area contributed by atoms with E-state index in [2.05, 4.69) is 279 Å². The Morgan fingerprint density at radius 3 is 0.811 bits per heavy atom. The van der Waals surface area contributed by atoms with Crippen LogP contribution in [0, 0.1) is 0 Å². The van der Waals surface area contributed by atoms with Crippen LogP contribution >= 0.6 is 23.2 Å². The lowest BCUT2D eigenvalue weighted by molar-refractivity contribution is 0.590. The molecule has 0 heterocycles. The molecule has 0 aliphatic carbocycles. The molecular weight excluding hydrogens is 940 g/mol. The Hall–Kier alpha value is -8.40. The molecule has 0 amide bonds. The van der Waals surface area contributed by atoms with Crippen molar-refractivity contribution in [3.05, 3.63) is 289 Å². The van der Waals surface area contributed by atoms with Crippen LogP contribution in [0.15, 0.2) is 273 Å². The predicted molar refractivity (Wildman–Crippen MR) is 317 cm³/mol. The van der Waals surface area contributed by atoms with Gasteiger partial charge in [0, 0.05) is 55.0 Å². The fourth-order valence-electron chi connectivity index (χ4n) is 10.0. The van der Waals surface area contributed by atoms with Crippen LogP contribution < -0.4 is 9.80 Å². The summed E-state index contributed by atoms with van der Waals surface area (Å²) in [6.07, 6.45) is 0. The SMILES string of the molecule is CC(C)(C)c1cc(N(c2cccc(Cl)c2)c2c(-c3ccccc3)cc(-c3ccccc3)cc2-c2ccccc2)cc(N(c2cccc(Cl)c2)c2c(-c3ccccc3)cc(-c3ccccc3)cc2-c2ccccc2)c1. The molecule has 2 nitrogen and oxygen atoms in total. The second-order valence-corrected chi connectivity index (χ2v) is 20.5. The molecule has 0 unspecified atom stereocenters. The van der Waals surface area contributed by atoms with Crippen LogP contribution in [0.5, 0.6) is 0 Å². The Morgan fingerprint density at radius 2 is 0.541 bits per heavy atom. The molecule has 11 rings (SSSR count). The predicted octanol–water partition coefficient (Wildman–Crippen LogP) is 21.2. The highest BCUT2D eigenvalue weighted by Crippen LogP contribution is 2.53. The first-order chi connectivity index (χ1) is 36.2. The second kappa shape index (κ2) is 21.0. The number of anilines is 6. The van der Waals surface area contributed by atoms with Gasteiger partial charge in [0.25, 0.3) is 0 Å². The van der Waals surface area contributed by atoms with E-state index in [1.54, 1.807) is 0 Å². The second-order valence-electron chi connectivity index (χ2n) is 19.7. The molecule has 0 aromatic heterocycles. The topological polar surface area (TPSA) is 6.48 Å². The average Bonchev–Trinajstić information content (AvgIpc) is 3.45. The Kier molecular flexibility index (Phi) is 13.6. The molecule has 11 aromatic carbocycles. The molecular formula is C70H54Cl2N2. The molecule has 4 heteroatoms. The third-order valence-corrected chi connectivity index (χ3v) is 14.1. The summed E-state index contributed by atoms with van der Waals surface area (Å²) in [4.78, 5) is 4.85. The highest BCUT2D eigenvalue weighted by molar-refractivity contribution is 6.31. The Balaban J connectivity index is 1.28. The van der Waals surface area contributed by atoms with Crippen molar-refractivity contribution in [3.63, 3.8) is 0 Å². The van der Waals surface area contributed by atoms with Crippen LogP contribution in [-0.2, 0) is 5.41 Å². The number of nitrogens with zero attached hydrogens (tertiary/aromatic N) is 2. The molecule has 0 fully saturated rings. The summed E-state index contributed by atoms with van der Waals surface area (Å²) in [6, 6.07) is 97.4. The van der Waals surface area contributed by atoms with Crippen molar-refractivity contribution < 1.29 is 0 Å². The molecule has 0 saturated heterocycles. The van der Waals surface area contributed by atoms with Crippen LogP contribution in [0.3, 0.4) is 0 Å². The summed E-state index contributed by atoms with van der Waals surface area (Å²) in [5.74, 6) is 0. The zero-order valence-electron chi connectivity index (χ0n) is 41.6. The maximum atomic E-state index is 7.10. The molecule has 0 bridgehead atoms. The molecule has 0 aliphatic heterocycles. The summed E-state index contributed by atoms with van der Waals surface area (Å²) in [5, 5.41) is 1.28. The monoisotopic (exact) mass is 992 g/mol. The highest BCUT2D eigenvalue weighted by Gasteiger charge is 2.30. The zero-order chi connectivity index (χ0) is 50.6. The van der Waals surface area contributed by atoms with Crippen molar-refractivity contribution in [1.29, 1.82) is 0 Å². The van der Waals surface area contributed by atoms with Crippen molar-refractivity contribution in [2.45, 2.75) is 26.2 Å². The number of halogens is 2. The smallest absolute Gasteiger partial charge is 0.0618 e. The summed E-state index contributed by atoms with van der Waals surface area (Å²) < 4.78 is 0. The van der Waals surface area contributed by atoms with Gasteiger partial charge in [0.05, 0.1) is 11.4 Å². The van der Waals surface area contributed by atoms with Gasteiger partial charge in [-0.05, 0) is 134 Å². The van der Waals surface area contributed by atoms with Crippen LogP contribution in [0.2, 0.25) is 10.0 Å². The Bertz CT molecular complexity index is 3350. The van der Waals surface area contributed by atoms with Gasteiger partial charge in [-0.25, -0.2) is 0 Å². The normalized spacial score (nSPS) is 11.3. The molecule has 0 radical (unpaired) electrons. The van der Waals surface area contributed by atoms with Crippen LogP contribution in [0.4, 0.5) is 34.1 Å². The number of rotatable bonds is 12. The first-order valence-corrected chi connectivity index (χ1v) is 25.9. The van der Waals surface area contributed by atoms with E-state index >= 15 is 0 Å². The van der Waals surface area contributed by atoms with E-state index in [1.165, 1.54) is 0 Å². The summed E-state index contributed by atoms with van der Waals surface area (Å²) >= 11 is 14.2. The van der Waals surface area contributed by atoms with Gasteiger partial charge in [0.15, 0.2) is 0 Å². The minimum atomic E-state index is -0.297. The van der Waals surface area contributed by atoms with Crippen molar-refractivity contribution in [2.24, 2.45) is 0 Å². The van der Waals surface area contributed by atoms with Gasteiger partial charge in [0.2, 0.25) is 0 Å². The first-order valence-electron chi connectivity index (χ1n) is 25.1. The van der Waals surface area contributed by atoms with E-state index in [9.17, 15) is 0 Å². The van der Waals surface area contributed by atoms with Crippen LogP contribution in [-0.4, -0.2) is 0 Å². The largest absolute Gasteiger partial charge is 0.309 e. The molecule has 0 aliphatic rings. The van der Waals surface area contributed by atoms with E-state index < -0.39 is 0 Å². The number of hydrogen-bond donors (Lipinski definition) is 0. The minimum absolute atomic E-state index is 0.297. The van der Waals surface area contributed by atoms with Crippen LogP contribution in [0.25, 0.3) is 66.8 Å². The van der Waals surface area contributed by atoms with Crippen molar-refractivity contribution in [1.82, 2.24) is 0 Å². The van der Waals surface area contributed by atoms with Gasteiger partial charge in [0.1, 0.15) is 0 Å². The van der Waals surface area contributed by atoms with Gasteiger partial charge >= 0.3 is 0 Å². The first kappa shape index (κ1) is 47.9. The maximum absolute atomic E-state index is 7.10. The van der Waals surface area contributed by atoms with E-state index in [4.69, 9.17) is 23.2 Å². The van der Waals surface area contributed by atoms with E-state index in [1.807, 2.05) is 24.3 Å².